The molecule has 4 heteroatoms. The second-order valence-electron chi connectivity index (χ2n) is 5.19. The lowest BCUT2D eigenvalue weighted by Crippen LogP contribution is -1.99. The highest BCUT2D eigenvalue weighted by atomic mass is 35.5. The van der Waals surface area contributed by atoms with E-state index in [1.54, 1.807) is 6.92 Å². The fourth-order valence-corrected chi connectivity index (χ4v) is 2.72. The van der Waals surface area contributed by atoms with Crippen molar-refractivity contribution in [1.29, 1.82) is 0 Å². The Morgan fingerprint density at radius 3 is 2.76 bits per heavy atom. The van der Waals surface area contributed by atoms with E-state index in [0.29, 0.717) is 18.2 Å². The molecule has 0 bridgehead atoms. The van der Waals surface area contributed by atoms with E-state index < -0.39 is 6.10 Å². The van der Waals surface area contributed by atoms with Crippen molar-refractivity contribution < 1.29 is 14.6 Å². The van der Waals surface area contributed by atoms with Gasteiger partial charge in [-0.3, -0.25) is 0 Å². The van der Waals surface area contributed by atoms with Gasteiger partial charge in [0.2, 0.25) is 0 Å². The van der Waals surface area contributed by atoms with Crippen LogP contribution in [-0.2, 0) is 13.0 Å². The van der Waals surface area contributed by atoms with Crippen LogP contribution in [0.3, 0.4) is 0 Å². The number of aliphatic hydroxyl groups excluding tert-OH is 1. The number of hydrogen-bond acceptors (Lipinski definition) is 3. The van der Waals surface area contributed by atoms with Crippen LogP contribution in [0.15, 0.2) is 36.4 Å². The first kappa shape index (κ1) is 14.2. The van der Waals surface area contributed by atoms with Crippen LogP contribution in [0.25, 0.3) is 0 Å². The minimum absolute atomic E-state index is 0.414. The molecule has 0 spiro atoms. The van der Waals surface area contributed by atoms with Crippen LogP contribution in [0, 0.1) is 0 Å². The number of hydrogen-bond donors (Lipinski definition) is 1. The molecule has 0 amide bonds. The zero-order valence-electron chi connectivity index (χ0n) is 11.8. The standard InChI is InChI=1S/C17H17ClO3/c1-11(19)12-2-4-16(5-3-12)21-10-14-9-15(18)8-13-6-7-20-17(13)14/h2-5,8-9,11,19H,6-7,10H2,1H3. The Labute approximate surface area is 129 Å². The Bertz CT molecular complexity index is 635. The van der Waals surface area contributed by atoms with Gasteiger partial charge in [0.25, 0.3) is 0 Å². The van der Waals surface area contributed by atoms with Crippen molar-refractivity contribution in [1.82, 2.24) is 0 Å². The Hall–Kier alpha value is -1.71. The first-order chi connectivity index (χ1) is 10.1. The first-order valence-electron chi connectivity index (χ1n) is 6.98. The second kappa shape index (κ2) is 5.96. The van der Waals surface area contributed by atoms with Gasteiger partial charge in [0.1, 0.15) is 18.1 Å². The van der Waals surface area contributed by atoms with Crippen molar-refractivity contribution in [3.8, 4) is 11.5 Å². The van der Waals surface area contributed by atoms with Crippen LogP contribution < -0.4 is 9.47 Å². The van der Waals surface area contributed by atoms with Crippen molar-refractivity contribution in [2.75, 3.05) is 6.61 Å². The van der Waals surface area contributed by atoms with E-state index in [0.717, 1.165) is 34.6 Å². The molecule has 0 radical (unpaired) electrons. The molecule has 1 aliphatic rings. The fraction of sp³-hybridized carbons (Fsp3) is 0.294. The summed E-state index contributed by atoms with van der Waals surface area (Å²) in [6.07, 6.45) is 0.426. The van der Waals surface area contributed by atoms with Crippen molar-refractivity contribution >= 4 is 11.6 Å². The molecular weight excluding hydrogens is 288 g/mol. The summed E-state index contributed by atoms with van der Waals surface area (Å²) in [4.78, 5) is 0. The lowest BCUT2D eigenvalue weighted by Gasteiger charge is -2.11. The molecule has 1 unspecified atom stereocenters. The minimum atomic E-state index is -0.469. The summed E-state index contributed by atoms with van der Waals surface area (Å²) in [5, 5.41) is 10.2. The van der Waals surface area contributed by atoms with E-state index in [2.05, 4.69) is 0 Å². The molecule has 0 saturated heterocycles. The minimum Gasteiger partial charge on any atom is -0.493 e. The van der Waals surface area contributed by atoms with Crippen LogP contribution in [0.1, 0.15) is 29.7 Å². The van der Waals surface area contributed by atoms with E-state index in [9.17, 15) is 5.11 Å². The quantitative estimate of drug-likeness (QED) is 0.931. The van der Waals surface area contributed by atoms with Crippen molar-refractivity contribution in [2.45, 2.75) is 26.1 Å². The maximum Gasteiger partial charge on any atom is 0.129 e. The van der Waals surface area contributed by atoms with Gasteiger partial charge in [-0.05, 0) is 42.3 Å². The highest BCUT2D eigenvalue weighted by molar-refractivity contribution is 6.30. The summed E-state index contributed by atoms with van der Waals surface area (Å²) < 4.78 is 11.4. The maximum absolute atomic E-state index is 9.49. The van der Waals surface area contributed by atoms with E-state index in [1.807, 2.05) is 36.4 Å². The molecule has 1 heterocycles. The highest BCUT2D eigenvalue weighted by Crippen LogP contribution is 2.33. The SMILES string of the molecule is CC(O)c1ccc(OCc2cc(Cl)cc3c2OCC3)cc1. The predicted molar refractivity (Wildman–Crippen MR) is 82.1 cm³/mol. The number of benzene rings is 2. The first-order valence-corrected chi connectivity index (χ1v) is 7.36. The van der Waals surface area contributed by atoms with Gasteiger partial charge < -0.3 is 14.6 Å². The van der Waals surface area contributed by atoms with Gasteiger partial charge in [-0.25, -0.2) is 0 Å². The topological polar surface area (TPSA) is 38.7 Å². The normalized spacial score (nSPS) is 14.4. The molecule has 2 aromatic rings. The third-order valence-electron chi connectivity index (χ3n) is 3.58. The van der Waals surface area contributed by atoms with Gasteiger partial charge in [0.15, 0.2) is 0 Å². The van der Waals surface area contributed by atoms with Gasteiger partial charge in [0.05, 0.1) is 12.7 Å². The molecule has 1 aliphatic heterocycles. The zero-order valence-corrected chi connectivity index (χ0v) is 12.6. The maximum atomic E-state index is 9.49. The van der Waals surface area contributed by atoms with Gasteiger partial charge in [-0.15, -0.1) is 0 Å². The summed E-state index contributed by atoms with van der Waals surface area (Å²) in [7, 11) is 0. The Morgan fingerprint density at radius 2 is 2.05 bits per heavy atom. The van der Waals surface area contributed by atoms with E-state index in [4.69, 9.17) is 21.1 Å². The molecule has 0 aromatic heterocycles. The summed E-state index contributed by atoms with van der Waals surface area (Å²) in [6.45, 7) is 2.85. The molecule has 0 fully saturated rings. The smallest absolute Gasteiger partial charge is 0.129 e. The molecule has 3 nitrogen and oxygen atoms in total. The molecule has 0 saturated carbocycles. The van der Waals surface area contributed by atoms with Crippen LogP contribution in [0.2, 0.25) is 5.02 Å². The third kappa shape index (κ3) is 3.14. The van der Waals surface area contributed by atoms with Crippen LogP contribution in [0.5, 0.6) is 11.5 Å². The molecule has 1 atom stereocenters. The predicted octanol–water partition coefficient (Wildman–Crippen LogP) is 3.91. The van der Waals surface area contributed by atoms with Gasteiger partial charge in [-0.1, -0.05) is 23.7 Å². The molecule has 1 N–H and O–H groups in total. The average molecular weight is 305 g/mol. The van der Waals surface area contributed by atoms with E-state index in [-0.39, 0.29) is 0 Å². The molecule has 2 aromatic carbocycles. The van der Waals surface area contributed by atoms with E-state index in [1.165, 1.54) is 0 Å². The number of ether oxygens (including phenoxy) is 2. The summed E-state index contributed by atoms with van der Waals surface area (Å²) in [5.74, 6) is 1.66. The Morgan fingerprint density at radius 1 is 1.29 bits per heavy atom. The Balaban J connectivity index is 1.73. The third-order valence-corrected chi connectivity index (χ3v) is 3.80. The molecule has 0 aliphatic carbocycles. The van der Waals surface area contributed by atoms with Crippen LogP contribution in [-0.4, -0.2) is 11.7 Å². The average Bonchev–Trinajstić information content (AvgIpc) is 2.93. The fourth-order valence-electron chi connectivity index (χ4n) is 2.46. The van der Waals surface area contributed by atoms with E-state index >= 15 is 0 Å². The number of fused-ring (bicyclic) bond motifs is 1. The summed E-state index contributed by atoms with van der Waals surface area (Å²) in [5.41, 5.74) is 2.98. The second-order valence-corrected chi connectivity index (χ2v) is 5.62. The summed E-state index contributed by atoms with van der Waals surface area (Å²) in [6, 6.07) is 11.3. The molecule has 110 valence electrons. The van der Waals surface area contributed by atoms with Gasteiger partial charge >= 0.3 is 0 Å². The number of halogens is 1. The molecular formula is C17H17ClO3. The number of rotatable bonds is 4. The number of aliphatic hydroxyl groups is 1. The largest absolute Gasteiger partial charge is 0.493 e. The van der Waals surface area contributed by atoms with Crippen LogP contribution in [0.4, 0.5) is 0 Å². The van der Waals surface area contributed by atoms with Crippen molar-refractivity contribution in [3.05, 3.63) is 58.1 Å². The Kier molecular flexibility index (Phi) is 4.04. The lowest BCUT2D eigenvalue weighted by atomic mass is 10.1. The summed E-state index contributed by atoms with van der Waals surface area (Å²) >= 11 is 6.13. The van der Waals surface area contributed by atoms with Gasteiger partial charge in [0, 0.05) is 17.0 Å². The monoisotopic (exact) mass is 304 g/mol. The highest BCUT2D eigenvalue weighted by Gasteiger charge is 2.17. The van der Waals surface area contributed by atoms with Crippen molar-refractivity contribution in [2.24, 2.45) is 0 Å². The lowest BCUT2D eigenvalue weighted by molar-refractivity contribution is 0.199. The van der Waals surface area contributed by atoms with Gasteiger partial charge in [-0.2, -0.15) is 0 Å². The van der Waals surface area contributed by atoms with Crippen molar-refractivity contribution in [3.63, 3.8) is 0 Å². The molecule has 3 rings (SSSR count). The van der Waals surface area contributed by atoms with Crippen LogP contribution >= 0.6 is 11.6 Å². The molecule has 21 heavy (non-hydrogen) atoms. The zero-order chi connectivity index (χ0) is 14.8.